The van der Waals surface area contributed by atoms with E-state index < -0.39 is 5.82 Å². The maximum Gasteiger partial charge on any atom is 0.178 e. The number of hydrogen-bond acceptors (Lipinski definition) is 6. The molecule has 0 unspecified atom stereocenters. The van der Waals surface area contributed by atoms with E-state index in [-0.39, 0.29) is 22.6 Å². The van der Waals surface area contributed by atoms with Gasteiger partial charge < -0.3 is 4.98 Å². The normalized spacial score (nSPS) is 11.4. The number of aromatic amines is 2. The standard InChI is InChI=1S/C22H12F2N8/c23-14-4-2-1-3-12(14)13-5-6-27-21-19(13)29-22(30-21)20-16-15(31-32-20)9-28-18(17(16)24)11-7-25-10-26-8-11/h1-10H,(H,31,32)(H,27,29,30). The smallest absolute Gasteiger partial charge is 0.178 e. The molecule has 1 aromatic carbocycles. The summed E-state index contributed by atoms with van der Waals surface area (Å²) in [6.45, 7) is 0. The van der Waals surface area contributed by atoms with Crippen molar-refractivity contribution in [1.82, 2.24) is 40.1 Å². The van der Waals surface area contributed by atoms with Crippen molar-refractivity contribution in [3.05, 3.63) is 73.1 Å². The van der Waals surface area contributed by atoms with Gasteiger partial charge in [-0.15, -0.1) is 0 Å². The van der Waals surface area contributed by atoms with Crippen LogP contribution in [0.1, 0.15) is 0 Å². The Morgan fingerprint density at radius 3 is 2.53 bits per heavy atom. The van der Waals surface area contributed by atoms with Gasteiger partial charge in [-0.25, -0.2) is 28.7 Å². The number of nitrogens with zero attached hydrogens (tertiary/aromatic N) is 6. The summed E-state index contributed by atoms with van der Waals surface area (Å²) in [6, 6.07) is 8.13. The summed E-state index contributed by atoms with van der Waals surface area (Å²) in [5.41, 5.74) is 3.09. The van der Waals surface area contributed by atoms with Gasteiger partial charge in [0.25, 0.3) is 0 Å². The van der Waals surface area contributed by atoms with Crippen LogP contribution in [0.5, 0.6) is 0 Å². The van der Waals surface area contributed by atoms with E-state index in [2.05, 4.69) is 40.1 Å². The number of benzene rings is 1. The number of rotatable bonds is 3. The number of nitrogens with one attached hydrogen (secondary N) is 2. The molecule has 5 heterocycles. The van der Waals surface area contributed by atoms with E-state index in [1.54, 1.807) is 30.5 Å². The highest BCUT2D eigenvalue weighted by atomic mass is 19.1. The molecule has 0 bridgehead atoms. The number of halogens is 2. The molecular weight excluding hydrogens is 414 g/mol. The molecule has 32 heavy (non-hydrogen) atoms. The minimum absolute atomic E-state index is 0.0991. The highest BCUT2D eigenvalue weighted by molar-refractivity contribution is 5.97. The molecule has 2 N–H and O–H groups in total. The van der Waals surface area contributed by atoms with Gasteiger partial charge in [0.05, 0.1) is 22.6 Å². The monoisotopic (exact) mass is 426 g/mol. The number of hydrogen-bond donors (Lipinski definition) is 2. The van der Waals surface area contributed by atoms with E-state index in [1.807, 2.05) is 0 Å². The third-order valence-corrected chi connectivity index (χ3v) is 5.16. The summed E-state index contributed by atoms with van der Waals surface area (Å²) in [4.78, 5) is 23.9. The third-order valence-electron chi connectivity index (χ3n) is 5.16. The summed E-state index contributed by atoms with van der Waals surface area (Å²) < 4.78 is 29.9. The van der Waals surface area contributed by atoms with E-state index >= 15 is 4.39 Å². The zero-order chi connectivity index (χ0) is 21.7. The Labute approximate surface area is 178 Å². The number of pyridine rings is 2. The fraction of sp³-hybridized carbons (Fsp3) is 0. The second-order valence-electron chi connectivity index (χ2n) is 7.03. The van der Waals surface area contributed by atoms with Gasteiger partial charge in [0.15, 0.2) is 17.3 Å². The minimum atomic E-state index is -0.580. The molecule has 6 aromatic rings. The van der Waals surface area contributed by atoms with Gasteiger partial charge in [0.2, 0.25) is 0 Å². The van der Waals surface area contributed by atoms with E-state index in [9.17, 15) is 4.39 Å². The molecule has 5 aromatic heterocycles. The number of imidazole rings is 1. The van der Waals surface area contributed by atoms with E-state index in [0.29, 0.717) is 39.2 Å². The average molecular weight is 426 g/mol. The first kappa shape index (κ1) is 18.2. The lowest BCUT2D eigenvalue weighted by Crippen LogP contribution is -1.93. The van der Waals surface area contributed by atoms with Gasteiger partial charge in [-0.05, 0) is 12.1 Å². The van der Waals surface area contributed by atoms with Crippen molar-refractivity contribution in [3.63, 3.8) is 0 Å². The molecule has 0 aliphatic heterocycles. The van der Waals surface area contributed by atoms with Crippen LogP contribution < -0.4 is 0 Å². The number of aromatic nitrogens is 8. The SMILES string of the molecule is Fc1ccccc1-c1ccnc2nc(-c3n[nH]c4cnc(-c5cncnc5)c(F)c34)[nH]c12. The first-order valence-corrected chi connectivity index (χ1v) is 9.58. The molecule has 0 fully saturated rings. The molecule has 8 nitrogen and oxygen atoms in total. The van der Waals surface area contributed by atoms with Crippen molar-refractivity contribution in [1.29, 1.82) is 0 Å². The van der Waals surface area contributed by atoms with Crippen molar-refractivity contribution in [2.75, 3.05) is 0 Å². The van der Waals surface area contributed by atoms with Crippen LogP contribution in [-0.4, -0.2) is 40.1 Å². The Hall–Kier alpha value is -4.60. The Morgan fingerprint density at radius 2 is 1.69 bits per heavy atom. The van der Waals surface area contributed by atoms with Crippen molar-refractivity contribution >= 4 is 22.1 Å². The molecule has 0 radical (unpaired) electrons. The van der Waals surface area contributed by atoms with Gasteiger partial charge in [0.1, 0.15) is 23.5 Å². The van der Waals surface area contributed by atoms with E-state index in [1.165, 1.54) is 31.0 Å². The van der Waals surface area contributed by atoms with Crippen LogP contribution >= 0.6 is 0 Å². The zero-order valence-corrected chi connectivity index (χ0v) is 16.2. The van der Waals surface area contributed by atoms with Crippen LogP contribution in [0.3, 0.4) is 0 Å². The summed E-state index contributed by atoms with van der Waals surface area (Å²) >= 11 is 0. The van der Waals surface area contributed by atoms with Crippen LogP contribution in [0, 0.1) is 11.6 Å². The highest BCUT2D eigenvalue weighted by Crippen LogP contribution is 2.34. The topological polar surface area (TPSA) is 109 Å². The fourth-order valence-electron chi connectivity index (χ4n) is 3.70. The average Bonchev–Trinajstić information content (AvgIpc) is 3.45. The van der Waals surface area contributed by atoms with Gasteiger partial charge >= 0.3 is 0 Å². The molecule has 0 saturated heterocycles. The summed E-state index contributed by atoms with van der Waals surface area (Å²) in [7, 11) is 0. The summed E-state index contributed by atoms with van der Waals surface area (Å²) in [5.74, 6) is -0.653. The van der Waals surface area contributed by atoms with Gasteiger partial charge in [-0.2, -0.15) is 5.10 Å². The van der Waals surface area contributed by atoms with Crippen LogP contribution in [0.25, 0.3) is 56.0 Å². The maximum absolute atomic E-state index is 15.5. The van der Waals surface area contributed by atoms with Crippen LogP contribution in [0.4, 0.5) is 8.78 Å². The Bertz CT molecular complexity index is 1610. The molecule has 10 heteroatoms. The Balaban J connectivity index is 1.56. The molecule has 0 amide bonds. The van der Waals surface area contributed by atoms with E-state index in [4.69, 9.17) is 0 Å². The van der Waals surface area contributed by atoms with Crippen LogP contribution in [0.2, 0.25) is 0 Å². The summed E-state index contributed by atoms with van der Waals surface area (Å²) in [5, 5.41) is 7.24. The van der Waals surface area contributed by atoms with Crippen molar-refractivity contribution in [3.8, 4) is 33.9 Å². The molecule has 154 valence electrons. The molecule has 0 aliphatic rings. The largest absolute Gasteiger partial charge is 0.335 e. The predicted octanol–water partition coefficient (Wildman–Crippen LogP) is 4.30. The first-order chi connectivity index (χ1) is 15.7. The van der Waals surface area contributed by atoms with Crippen molar-refractivity contribution < 1.29 is 8.78 Å². The van der Waals surface area contributed by atoms with Crippen LogP contribution in [0.15, 0.2) is 61.4 Å². The molecule has 0 aliphatic carbocycles. The first-order valence-electron chi connectivity index (χ1n) is 9.58. The van der Waals surface area contributed by atoms with Crippen molar-refractivity contribution in [2.24, 2.45) is 0 Å². The lowest BCUT2D eigenvalue weighted by atomic mass is 10.1. The highest BCUT2D eigenvalue weighted by Gasteiger charge is 2.21. The molecular formula is C22H12F2N8. The number of H-pyrrole nitrogens is 2. The quantitative estimate of drug-likeness (QED) is 0.437. The molecule has 0 saturated carbocycles. The molecule has 6 rings (SSSR count). The second-order valence-corrected chi connectivity index (χ2v) is 7.03. The Morgan fingerprint density at radius 1 is 0.844 bits per heavy atom. The lowest BCUT2D eigenvalue weighted by molar-refractivity contribution is 0.631. The maximum atomic E-state index is 15.5. The summed E-state index contributed by atoms with van der Waals surface area (Å²) in [6.07, 6.45) is 7.36. The molecule has 0 spiro atoms. The molecule has 0 atom stereocenters. The third kappa shape index (κ3) is 2.73. The zero-order valence-electron chi connectivity index (χ0n) is 16.2. The van der Waals surface area contributed by atoms with Gasteiger partial charge in [0, 0.05) is 35.3 Å². The van der Waals surface area contributed by atoms with Gasteiger partial charge in [-0.3, -0.25) is 10.1 Å². The predicted molar refractivity (Wildman–Crippen MR) is 113 cm³/mol. The fourth-order valence-corrected chi connectivity index (χ4v) is 3.70. The minimum Gasteiger partial charge on any atom is -0.335 e. The van der Waals surface area contributed by atoms with Gasteiger partial charge in [-0.1, -0.05) is 18.2 Å². The second kappa shape index (κ2) is 6.98. The number of fused-ring (bicyclic) bond motifs is 2. The Kier molecular flexibility index (Phi) is 3.97. The van der Waals surface area contributed by atoms with Crippen molar-refractivity contribution in [2.45, 2.75) is 0 Å². The van der Waals surface area contributed by atoms with Crippen LogP contribution in [-0.2, 0) is 0 Å². The van der Waals surface area contributed by atoms with E-state index in [0.717, 1.165) is 0 Å². The lowest BCUT2D eigenvalue weighted by Gasteiger charge is -2.04.